The number of carbonyl (C=O) groups excluding carboxylic acids is 1. The van der Waals surface area contributed by atoms with E-state index < -0.39 is 8.07 Å². The first-order chi connectivity index (χ1) is 16.2. The van der Waals surface area contributed by atoms with Crippen LogP contribution >= 0.6 is 0 Å². The van der Waals surface area contributed by atoms with Crippen molar-refractivity contribution in [1.82, 2.24) is 9.78 Å². The minimum atomic E-state index is -1.13. The third-order valence-electron chi connectivity index (χ3n) is 6.59. The second kappa shape index (κ2) is 9.92. The Morgan fingerprint density at radius 1 is 1.21 bits per heavy atom. The number of rotatable bonds is 11. The number of nitrogens with two attached hydrogens (primary N) is 1. The lowest BCUT2D eigenvalue weighted by atomic mass is 10.0. The number of carbonyl (C=O) groups is 1. The highest BCUT2D eigenvalue weighted by atomic mass is 28.3. The maximum Gasteiger partial charge on any atom is 0.271 e. The minimum Gasteiger partial charge on any atom is -0.394 e. The van der Waals surface area contributed by atoms with Gasteiger partial charge in [0.1, 0.15) is 6.73 Å². The number of hydrogen-bond acceptors (Lipinski definition) is 4. The maximum atomic E-state index is 12.8. The average molecular weight is 479 g/mol. The summed E-state index contributed by atoms with van der Waals surface area (Å²) < 4.78 is 7.79. The van der Waals surface area contributed by atoms with Gasteiger partial charge in [0.25, 0.3) is 5.91 Å². The zero-order chi connectivity index (χ0) is 24.5. The summed E-state index contributed by atoms with van der Waals surface area (Å²) in [7, 11) is -1.13. The van der Waals surface area contributed by atoms with E-state index in [-0.39, 0.29) is 5.91 Å². The van der Waals surface area contributed by atoms with Crippen LogP contribution in [0, 0.1) is 18.8 Å². The van der Waals surface area contributed by atoms with Crippen molar-refractivity contribution in [3.05, 3.63) is 53.5 Å². The molecule has 1 heterocycles. The van der Waals surface area contributed by atoms with Gasteiger partial charge in [-0.05, 0) is 79.8 Å². The topological polar surface area (TPSA) is 82.2 Å². The minimum absolute atomic E-state index is 0.187. The summed E-state index contributed by atoms with van der Waals surface area (Å²) in [5, 5.41) is 7.67. The quantitative estimate of drug-likeness (QED) is 0.243. The van der Waals surface area contributed by atoms with Gasteiger partial charge in [-0.15, -0.1) is 0 Å². The van der Waals surface area contributed by atoms with E-state index in [9.17, 15) is 4.79 Å². The molecular weight excluding hydrogens is 440 g/mol. The molecule has 0 aliphatic heterocycles. The summed E-state index contributed by atoms with van der Waals surface area (Å²) in [6, 6.07) is 8.97. The van der Waals surface area contributed by atoms with Crippen molar-refractivity contribution in [3.63, 3.8) is 0 Å². The molecule has 1 aromatic carbocycles. The molecule has 1 aromatic heterocycles. The number of anilines is 1. The lowest BCUT2D eigenvalue weighted by molar-refractivity contribution is -0.113. The van der Waals surface area contributed by atoms with E-state index in [1.807, 2.05) is 41.9 Å². The first-order valence-corrected chi connectivity index (χ1v) is 16.1. The van der Waals surface area contributed by atoms with Crippen LogP contribution in [0.1, 0.15) is 37.1 Å². The Balaban J connectivity index is 1.45. The number of aryl methyl sites for hydroxylation is 1. The number of allylic oxidation sites excluding steroid dienone is 1. The van der Waals surface area contributed by atoms with Crippen LogP contribution in [0.4, 0.5) is 5.69 Å². The maximum absolute atomic E-state index is 12.8. The van der Waals surface area contributed by atoms with Gasteiger partial charge in [0.15, 0.2) is 0 Å². The molecule has 0 saturated heterocycles. The zero-order valence-corrected chi connectivity index (χ0v) is 22.0. The van der Waals surface area contributed by atoms with E-state index in [2.05, 4.69) is 36.6 Å². The largest absolute Gasteiger partial charge is 0.394 e. The molecule has 3 N–H and O–H groups in total. The molecule has 182 valence electrons. The summed E-state index contributed by atoms with van der Waals surface area (Å²) in [6.07, 6.45) is 6.48. The van der Waals surface area contributed by atoms with Gasteiger partial charge in [0.2, 0.25) is 0 Å². The van der Waals surface area contributed by atoms with Crippen molar-refractivity contribution < 1.29 is 9.53 Å². The SMILES string of the molecule is C=Cc1c(-c2ccc(NC(=O)C(N)=C(C3CC3)C3CC3)cc2)c(C)nn1COCC[Si](C)(C)C. The molecular formula is C27H38N4O2Si. The molecule has 2 aromatic rings. The van der Waals surface area contributed by atoms with E-state index >= 15 is 0 Å². The molecule has 34 heavy (non-hydrogen) atoms. The van der Waals surface area contributed by atoms with Crippen molar-refractivity contribution >= 4 is 25.7 Å². The molecule has 0 unspecified atom stereocenters. The molecule has 0 bridgehead atoms. The first-order valence-electron chi connectivity index (χ1n) is 12.4. The fraction of sp³-hybridized carbons (Fsp3) is 0.481. The summed E-state index contributed by atoms with van der Waals surface area (Å²) in [5.74, 6) is 0.863. The van der Waals surface area contributed by atoms with Crippen LogP contribution in [-0.2, 0) is 16.3 Å². The van der Waals surface area contributed by atoms with E-state index in [1.54, 1.807) is 0 Å². The van der Waals surface area contributed by atoms with Crippen molar-refractivity contribution in [3.8, 4) is 11.1 Å². The van der Waals surface area contributed by atoms with Crippen LogP contribution in [0.2, 0.25) is 25.7 Å². The molecule has 0 atom stereocenters. The number of amides is 1. The summed E-state index contributed by atoms with van der Waals surface area (Å²) >= 11 is 0. The van der Waals surface area contributed by atoms with E-state index in [4.69, 9.17) is 10.5 Å². The van der Waals surface area contributed by atoms with Crippen molar-refractivity contribution in [2.75, 3.05) is 11.9 Å². The fourth-order valence-corrected chi connectivity index (χ4v) is 5.16. The second-order valence-electron chi connectivity index (χ2n) is 10.8. The Kier molecular flexibility index (Phi) is 7.14. The number of hydrogen-bond donors (Lipinski definition) is 2. The fourth-order valence-electron chi connectivity index (χ4n) is 4.40. The number of ether oxygens (including phenoxy) is 1. The highest BCUT2D eigenvalue weighted by molar-refractivity contribution is 6.76. The normalized spacial score (nSPS) is 15.8. The van der Waals surface area contributed by atoms with Crippen LogP contribution in [-0.4, -0.2) is 30.4 Å². The van der Waals surface area contributed by atoms with Gasteiger partial charge in [-0.2, -0.15) is 5.10 Å². The summed E-state index contributed by atoms with van der Waals surface area (Å²) in [6.45, 7) is 14.2. The van der Waals surface area contributed by atoms with Crippen LogP contribution in [0.15, 0.2) is 42.1 Å². The Hall–Kier alpha value is -2.64. The number of nitrogens with zero attached hydrogens (tertiary/aromatic N) is 2. The van der Waals surface area contributed by atoms with Crippen LogP contribution in [0.5, 0.6) is 0 Å². The molecule has 2 aliphatic carbocycles. The standard InChI is InChI=1S/C27H38N4O2Si/c1-6-23-24(18(2)30-31(23)17-33-15-16-34(3,4)5)19-11-13-22(14-12-19)29-27(32)26(28)25(20-7-8-20)21-9-10-21/h6,11-14,20-21H,1,7-10,15-17,28H2,2-5H3,(H,29,32). The Bertz CT molecular complexity index is 1070. The van der Waals surface area contributed by atoms with Gasteiger partial charge in [-0.3, -0.25) is 4.79 Å². The zero-order valence-electron chi connectivity index (χ0n) is 21.0. The van der Waals surface area contributed by atoms with Gasteiger partial charge < -0.3 is 15.8 Å². The summed E-state index contributed by atoms with van der Waals surface area (Å²) in [5.41, 5.74) is 12.6. The lowest BCUT2D eigenvalue weighted by Crippen LogP contribution is -2.23. The molecule has 7 heteroatoms. The predicted octanol–water partition coefficient (Wildman–Crippen LogP) is 5.79. The van der Waals surface area contributed by atoms with Gasteiger partial charge >= 0.3 is 0 Å². The van der Waals surface area contributed by atoms with Gasteiger partial charge in [-0.25, -0.2) is 4.68 Å². The molecule has 6 nitrogen and oxygen atoms in total. The average Bonchev–Trinajstić information content (AvgIpc) is 3.71. The highest BCUT2D eigenvalue weighted by Gasteiger charge is 2.39. The predicted molar refractivity (Wildman–Crippen MR) is 142 cm³/mol. The van der Waals surface area contributed by atoms with Gasteiger partial charge in [0.05, 0.1) is 17.1 Å². The molecule has 0 spiro atoms. The Labute approximate surface area is 204 Å². The van der Waals surface area contributed by atoms with Gasteiger partial charge in [-0.1, -0.05) is 38.4 Å². The van der Waals surface area contributed by atoms with E-state index in [0.29, 0.717) is 24.3 Å². The third-order valence-corrected chi connectivity index (χ3v) is 8.30. The number of benzene rings is 1. The monoisotopic (exact) mass is 478 g/mol. The lowest BCUT2D eigenvalue weighted by Gasteiger charge is -2.15. The molecule has 4 rings (SSSR count). The van der Waals surface area contributed by atoms with Crippen molar-refractivity contribution in [2.24, 2.45) is 17.6 Å². The molecule has 0 radical (unpaired) electrons. The van der Waals surface area contributed by atoms with Crippen molar-refractivity contribution in [1.29, 1.82) is 0 Å². The first kappa shape index (κ1) is 24.5. The molecule has 2 fully saturated rings. The Morgan fingerprint density at radius 2 is 1.82 bits per heavy atom. The Morgan fingerprint density at radius 3 is 2.35 bits per heavy atom. The van der Waals surface area contributed by atoms with Crippen LogP contribution < -0.4 is 11.1 Å². The second-order valence-corrected chi connectivity index (χ2v) is 16.5. The number of nitrogens with one attached hydrogen (secondary N) is 1. The molecule has 2 saturated carbocycles. The molecule has 1 amide bonds. The summed E-state index contributed by atoms with van der Waals surface area (Å²) in [4.78, 5) is 12.8. The van der Waals surface area contributed by atoms with Crippen LogP contribution in [0.3, 0.4) is 0 Å². The van der Waals surface area contributed by atoms with Crippen LogP contribution in [0.25, 0.3) is 17.2 Å². The number of aromatic nitrogens is 2. The highest BCUT2D eigenvalue weighted by Crippen LogP contribution is 2.49. The van der Waals surface area contributed by atoms with Crippen molar-refractivity contribution in [2.45, 2.75) is 65.0 Å². The van der Waals surface area contributed by atoms with E-state index in [0.717, 1.165) is 66.5 Å². The third kappa shape index (κ3) is 5.88. The molecule has 2 aliphatic rings. The van der Waals surface area contributed by atoms with E-state index in [1.165, 1.54) is 5.57 Å². The van der Waals surface area contributed by atoms with Gasteiger partial charge in [0, 0.05) is 25.9 Å². The smallest absolute Gasteiger partial charge is 0.271 e.